The highest BCUT2D eigenvalue weighted by atomic mass is 19.1. The van der Waals surface area contributed by atoms with Crippen LogP contribution in [0.1, 0.15) is 37.7 Å². The first-order valence-electron chi connectivity index (χ1n) is 12.3. The number of benzene rings is 2. The van der Waals surface area contributed by atoms with Crippen molar-refractivity contribution in [1.82, 2.24) is 19.8 Å². The molecule has 198 valence electrons. The number of methoxy groups -OCH3 is 1. The summed E-state index contributed by atoms with van der Waals surface area (Å²) in [5.74, 6) is 1.12. The highest BCUT2D eigenvalue weighted by Gasteiger charge is 2.28. The lowest BCUT2D eigenvalue weighted by Gasteiger charge is -2.37. The van der Waals surface area contributed by atoms with Crippen molar-refractivity contribution in [1.29, 1.82) is 0 Å². The molecular formula is C27H34FN5O4. The number of piperazine rings is 1. The Morgan fingerprint density at radius 3 is 2.68 bits per heavy atom. The number of ether oxygens (including phenoxy) is 2. The minimum absolute atomic E-state index is 0.00969. The van der Waals surface area contributed by atoms with Crippen LogP contribution in [0.2, 0.25) is 0 Å². The SMILES string of the molecule is COc1cc2nc(C)nc(NCc3cccc(C(C)(C)O)c3F)c2cc1OC(=O)N1CCN(C)CC1C. The van der Waals surface area contributed by atoms with E-state index in [4.69, 9.17) is 9.47 Å². The molecule has 1 aliphatic rings. The number of fused-ring (bicyclic) bond motifs is 1. The number of likely N-dealkylation sites (N-methyl/N-ethyl adjacent to an activating group) is 1. The number of halogens is 1. The third-order valence-electron chi connectivity index (χ3n) is 6.54. The predicted molar refractivity (Wildman–Crippen MR) is 139 cm³/mol. The van der Waals surface area contributed by atoms with Gasteiger partial charge in [0.25, 0.3) is 0 Å². The molecule has 1 atom stereocenters. The van der Waals surface area contributed by atoms with E-state index in [-0.39, 0.29) is 23.9 Å². The van der Waals surface area contributed by atoms with Crippen molar-refractivity contribution in [2.24, 2.45) is 0 Å². The van der Waals surface area contributed by atoms with Gasteiger partial charge in [-0.3, -0.25) is 0 Å². The van der Waals surface area contributed by atoms with Crippen molar-refractivity contribution in [2.75, 3.05) is 39.1 Å². The van der Waals surface area contributed by atoms with E-state index in [2.05, 4.69) is 20.2 Å². The second kappa shape index (κ2) is 10.5. The molecular weight excluding hydrogens is 477 g/mol. The van der Waals surface area contributed by atoms with Crippen LogP contribution >= 0.6 is 0 Å². The topological polar surface area (TPSA) is 100 Å². The fourth-order valence-electron chi connectivity index (χ4n) is 4.56. The normalized spacial score (nSPS) is 16.6. The van der Waals surface area contributed by atoms with Crippen molar-refractivity contribution >= 4 is 22.8 Å². The molecule has 2 N–H and O–H groups in total. The molecule has 2 heterocycles. The molecule has 1 amide bonds. The van der Waals surface area contributed by atoms with Crippen LogP contribution in [-0.2, 0) is 12.1 Å². The number of aliphatic hydroxyl groups is 1. The summed E-state index contributed by atoms with van der Waals surface area (Å²) in [7, 11) is 3.53. The van der Waals surface area contributed by atoms with Gasteiger partial charge in [0.1, 0.15) is 17.5 Å². The van der Waals surface area contributed by atoms with E-state index < -0.39 is 17.5 Å². The molecule has 2 aromatic carbocycles. The summed E-state index contributed by atoms with van der Waals surface area (Å²) < 4.78 is 26.4. The van der Waals surface area contributed by atoms with Gasteiger partial charge in [0.2, 0.25) is 0 Å². The van der Waals surface area contributed by atoms with Gasteiger partial charge in [-0.2, -0.15) is 0 Å². The smallest absolute Gasteiger partial charge is 0.415 e. The summed E-state index contributed by atoms with van der Waals surface area (Å²) in [5, 5.41) is 14.1. The first-order valence-corrected chi connectivity index (χ1v) is 12.3. The number of nitrogens with one attached hydrogen (secondary N) is 1. The van der Waals surface area contributed by atoms with Crippen molar-refractivity contribution in [3.05, 3.63) is 53.1 Å². The maximum atomic E-state index is 15.1. The van der Waals surface area contributed by atoms with E-state index in [9.17, 15) is 9.90 Å². The zero-order chi connectivity index (χ0) is 26.9. The standard InChI is InChI=1S/C27H34FN5O4/c1-16-15-32(5)10-11-33(16)26(34)37-23-12-19-21(13-22(23)36-6)30-17(2)31-25(19)29-14-18-8-7-9-20(24(18)28)27(3,4)35/h7-9,12-13,16,35H,10-11,14-15H2,1-6H3,(H,29,30,31). The van der Waals surface area contributed by atoms with Crippen LogP contribution in [0, 0.1) is 12.7 Å². The zero-order valence-corrected chi connectivity index (χ0v) is 22.1. The highest BCUT2D eigenvalue weighted by molar-refractivity contribution is 5.92. The molecule has 0 bridgehead atoms. The Morgan fingerprint density at radius 1 is 1.24 bits per heavy atom. The van der Waals surface area contributed by atoms with E-state index in [1.54, 1.807) is 56.0 Å². The van der Waals surface area contributed by atoms with Crippen LogP contribution < -0.4 is 14.8 Å². The minimum Gasteiger partial charge on any atom is -0.493 e. The summed E-state index contributed by atoms with van der Waals surface area (Å²) in [6.45, 7) is 9.05. The number of carbonyl (C=O) groups is 1. The molecule has 10 heteroatoms. The number of nitrogens with zero attached hydrogens (tertiary/aromatic N) is 4. The molecule has 1 aliphatic heterocycles. The Morgan fingerprint density at radius 2 is 2.00 bits per heavy atom. The molecule has 0 aliphatic carbocycles. The van der Waals surface area contributed by atoms with Gasteiger partial charge >= 0.3 is 6.09 Å². The highest BCUT2D eigenvalue weighted by Crippen LogP contribution is 2.35. The van der Waals surface area contributed by atoms with Crippen molar-refractivity contribution in [3.63, 3.8) is 0 Å². The van der Waals surface area contributed by atoms with Crippen molar-refractivity contribution in [3.8, 4) is 11.5 Å². The molecule has 0 saturated carbocycles. The average molecular weight is 512 g/mol. The number of anilines is 1. The second-order valence-electron chi connectivity index (χ2n) is 10.0. The molecule has 0 spiro atoms. The maximum absolute atomic E-state index is 15.1. The number of amides is 1. The molecule has 1 aromatic heterocycles. The predicted octanol–water partition coefficient (Wildman–Crippen LogP) is 4.06. The number of aromatic nitrogens is 2. The van der Waals surface area contributed by atoms with E-state index >= 15 is 4.39 Å². The van der Waals surface area contributed by atoms with Crippen molar-refractivity contribution < 1.29 is 23.8 Å². The molecule has 3 aromatic rings. The van der Waals surface area contributed by atoms with E-state index in [0.29, 0.717) is 40.4 Å². The quantitative estimate of drug-likeness (QED) is 0.511. The summed E-state index contributed by atoms with van der Waals surface area (Å²) in [5.41, 5.74) is -0.124. The first kappa shape index (κ1) is 26.6. The number of carbonyl (C=O) groups excluding carboxylic acids is 1. The third-order valence-corrected chi connectivity index (χ3v) is 6.54. The van der Waals surface area contributed by atoms with Crippen LogP contribution in [0.4, 0.5) is 15.0 Å². The molecule has 1 unspecified atom stereocenters. The number of hydrogen-bond donors (Lipinski definition) is 2. The van der Waals surface area contributed by atoms with Gasteiger partial charge in [-0.15, -0.1) is 0 Å². The Kier molecular flexibility index (Phi) is 7.52. The molecule has 37 heavy (non-hydrogen) atoms. The number of hydrogen-bond acceptors (Lipinski definition) is 8. The zero-order valence-electron chi connectivity index (χ0n) is 22.1. The lowest BCUT2D eigenvalue weighted by Crippen LogP contribution is -2.53. The Balaban J connectivity index is 1.65. The summed E-state index contributed by atoms with van der Waals surface area (Å²) >= 11 is 0. The van der Waals surface area contributed by atoms with Crippen LogP contribution in [0.15, 0.2) is 30.3 Å². The van der Waals surface area contributed by atoms with Gasteiger partial charge in [0.15, 0.2) is 11.5 Å². The number of rotatable bonds is 6. The van der Waals surface area contributed by atoms with E-state index in [1.807, 2.05) is 14.0 Å². The second-order valence-corrected chi connectivity index (χ2v) is 10.0. The Hall–Kier alpha value is -3.50. The van der Waals surface area contributed by atoms with Gasteiger partial charge < -0.3 is 29.7 Å². The summed E-state index contributed by atoms with van der Waals surface area (Å²) in [6, 6.07) is 8.30. The first-order chi connectivity index (χ1) is 17.5. The molecule has 1 saturated heterocycles. The van der Waals surface area contributed by atoms with Crippen LogP contribution in [0.25, 0.3) is 10.9 Å². The van der Waals surface area contributed by atoms with Crippen molar-refractivity contribution in [2.45, 2.75) is 45.9 Å². The van der Waals surface area contributed by atoms with Gasteiger partial charge in [0.05, 0.1) is 18.2 Å². The van der Waals surface area contributed by atoms with E-state index in [0.717, 1.165) is 13.1 Å². The Labute approximate surface area is 216 Å². The van der Waals surface area contributed by atoms with Gasteiger partial charge in [-0.25, -0.2) is 19.2 Å². The molecule has 4 rings (SSSR count). The van der Waals surface area contributed by atoms with Gasteiger partial charge in [-0.1, -0.05) is 18.2 Å². The number of aryl methyl sites for hydroxylation is 1. The third kappa shape index (κ3) is 5.75. The lowest BCUT2D eigenvalue weighted by molar-refractivity contribution is 0.0743. The monoisotopic (exact) mass is 511 g/mol. The largest absolute Gasteiger partial charge is 0.493 e. The van der Waals surface area contributed by atoms with Gasteiger partial charge in [0, 0.05) is 54.8 Å². The molecule has 0 radical (unpaired) electrons. The molecule has 1 fully saturated rings. The fraction of sp³-hybridized carbons (Fsp3) is 0.444. The average Bonchev–Trinajstić information content (AvgIpc) is 2.82. The Bertz CT molecular complexity index is 1310. The lowest BCUT2D eigenvalue weighted by atomic mass is 9.95. The van der Waals surface area contributed by atoms with Crippen LogP contribution in [0.5, 0.6) is 11.5 Å². The van der Waals surface area contributed by atoms with Gasteiger partial charge in [-0.05, 0) is 40.8 Å². The maximum Gasteiger partial charge on any atom is 0.415 e. The summed E-state index contributed by atoms with van der Waals surface area (Å²) in [6.07, 6.45) is -0.453. The van der Waals surface area contributed by atoms with E-state index in [1.165, 1.54) is 7.11 Å². The molecule has 9 nitrogen and oxygen atoms in total. The fourth-order valence-corrected chi connectivity index (χ4v) is 4.56. The minimum atomic E-state index is -1.31. The summed E-state index contributed by atoms with van der Waals surface area (Å²) in [4.78, 5) is 25.9. The van der Waals surface area contributed by atoms with Crippen LogP contribution in [-0.4, -0.2) is 70.8 Å². The van der Waals surface area contributed by atoms with Crippen LogP contribution in [0.3, 0.4) is 0 Å².